The fraction of sp³-hybridized carbons (Fsp3) is 0.125. The van der Waals surface area contributed by atoms with Crippen LogP contribution in [0.25, 0.3) is 10.9 Å². The monoisotopic (exact) mass is 249 g/mol. The number of rotatable bonds is 3. The van der Waals surface area contributed by atoms with Gasteiger partial charge in [-0.3, -0.25) is 4.98 Å². The number of aryl methyl sites for hydroxylation is 1. The van der Waals surface area contributed by atoms with Gasteiger partial charge in [-0.25, -0.2) is 4.98 Å². The quantitative estimate of drug-likeness (QED) is 0.771. The van der Waals surface area contributed by atoms with Gasteiger partial charge in [-0.15, -0.1) is 0 Å². The number of para-hydroxylation sites is 1. The molecule has 3 heteroatoms. The van der Waals surface area contributed by atoms with Crippen molar-refractivity contribution in [2.45, 2.75) is 13.5 Å². The Bertz CT molecular complexity index is 693. The van der Waals surface area contributed by atoms with Gasteiger partial charge in [0.15, 0.2) is 0 Å². The molecule has 1 N–H and O–H groups in total. The Kier molecular flexibility index (Phi) is 3.11. The number of benzene rings is 1. The number of nitrogens with zero attached hydrogens (tertiary/aromatic N) is 2. The van der Waals surface area contributed by atoms with Crippen LogP contribution in [-0.4, -0.2) is 9.97 Å². The van der Waals surface area contributed by atoms with Crippen molar-refractivity contribution in [2.24, 2.45) is 0 Å². The van der Waals surface area contributed by atoms with Gasteiger partial charge in [-0.2, -0.15) is 0 Å². The summed E-state index contributed by atoms with van der Waals surface area (Å²) in [5.41, 5.74) is 3.41. The second-order valence-corrected chi connectivity index (χ2v) is 4.56. The van der Waals surface area contributed by atoms with Gasteiger partial charge in [-0.1, -0.05) is 24.3 Å². The van der Waals surface area contributed by atoms with Crippen molar-refractivity contribution in [3.05, 3.63) is 66.0 Å². The lowest BCUT2D eigenvalue weighted by molar-refractivity contribution is 1.09. The molecule has 0 saturated heterocycles. The lowest BCUT2D eigenvalue weighted by Gasteiger charge is -2.08. The molecule has 1 aromatic carbocycles. The maximum atomic E-state index is 4.62. The number of nitrogens with one attached hydrogen (secondary N) is 1. The van der Waals surface area contributed by atoms with E-state index < -0.39 is 0 Å². The maximum absolute atomic E-state index is 4.62. The van der Waals surface area contributed by atoms with E-state index in [0.717, 1.165) is 23.4 Å². The number of hydrogen-bond acceptors (Lipinski definition) is 3. The molecule has 0 saturated carbocycles. The summed E-state index contributed by atoms with van der Waals surface area (Å²) in [5, 5.41) is 4.55. The Balaban J connectivity index is 1.85. The smallest absolute Gasteiger partial charge is 0.127 e. The van der Waals surface area contributed by atoms with Gasteiger partial charge < -0.3 is 5.32 Å². The van der Waals surface area contributed by atoms with Gasteiger partial charge in [0.05, 0.1) is 5.52 Å². The summed E-state index contributed by atoms with van der Waals surface area (Å²) < 4.78 is 0. The van der Waals surface area contributed by atoms with Crippen molar-refractivity contribution >= 4 is 16.7 Å². The summed E-state index contributed by atoms with van der Waals surface area (Å²) in [5.74, 6) is 0.903. The molecule has 0 atom stereocenters. The summed E-state index contributed by atoms with van der Waals surface area (Å²) in [6, 6.07) is 14.3. The van der Waals surface area contributed by atoms with Gasteiger partial charge in [0, 0.05) is 24.3 Å². The van der Waals surface area contributed by atoms with Crippen LogP contribution in [0.5, 0.6) is 0 Å². The average Bonchev–Trinajstić information content (AvgIpc) is 2.46. The second kappa shape index (κ2) is 5.06. The molecule has 0 amide bonds. The van der Waals surface area contributed by atoms with Crippen molar-refractivity contribution in [1.29, 1.82) is 0 Å². The van der Waals surface area contributed by atoms with Crippen LogP contribution in [0.3, 0.4) is 0 Å². The number of hydrogen-bond donors (Lipinski definition) is 1. The minimum absolute atomic E-state index is 0.735. The fourth-order valence-corrected chi connectivity index (χ4v) is 2.14. The number of pyridine rings is 2. The molecule has 0 radical (unpaired) electrons. The van der Waals surface area contributed by atoms with Crippen LogP contribution in [0, 0.1) is 6.92 Å². The average molecular weight is 249 g/mol. The highest BCUT2D eigenvalue weighted by Crippen LogP contribution is 2.20. The van der Waals surface area contributed by atoms with Gasteiger partial charge >= 0.3 is 0 Å². The van der Waals surface area contributed by atoms with E-state index in [0.29, 0.717) is 0 Å². The topological polar surface area (TPSA) is 37.8 Å². The second-order valence-electron chi connectivity index (χ2n) is 4.56. The van der Waals surface area contributed by atoms with E-state index in [1.807, 2.05) is 36.5 Å². The van der Waals surface area contributed by atoms with Gasteiger partial charge in [0.1, 0.15) is 5.82 Å². The molecular weight excluding hydrogens is 234 g/mol. The zero-order chi connectivity index (χ0) is 13.1. The van der Waals surface area contributed by atoms with Crippen LogP contribution in [0.4, 0.5) is 5.82 Å². The molecule has 0 fully saturated rings. The fourth-order valence-electron chi connectivity index (χ4n) is 2.14. The highest BCUT2D eigenvalue weighted by Gasteiger charge is 2.01. The molecule has 0 spiro atoms. The zero-order valence-electron chi connectivity index (χ0n) is 10.8. The molecule has 2 aromatic heterocycles. The van der Waals surface area contributed by atoms with Gasteiger partial charge in [-0.05, 0) is 36.2 Å². The van der Waals surface area contributed by atoms with Crippen LogP contribution in [0.2, 0.25) is 0 Å². The third kappa shape index (κ3) is 2.55. The lowest BCUT2D eigenvalue weighted by Crippen LogP contribution is -2.02. The van der Waals surface area contributed by atoms with Crippen molar-refractivity contribution in [1.82, 2.24) is 9.97 Å². The first kappa shape index (κ1) is 11.7. The molecule has 3 aromatic rings. The molecule has 0 aliphatic carbocycles. The van der Waals surface area contributed by atoms with Crippen molar-refractivity contribution in [3.8, 4) is 0 Å². The highest BCUT2D eigenvalue weighted by atomic mass is 15.0. The summed E-state index contributed by atoms with van der Waals surface area (Å²) in [4.78, 5) is 8.72. The van der Waals surface area contributed by atoms with E-state index in [2.05, 4.69) is 34.3 Å². The van der Waals surface area contributed by atoms with Crippen LogP contribution in [0.1, 0.15) is 11.1 Å². The Morgan fingerprint density at radius 1 is 1.11 bits per heavy atom. The van der Waals surface area contributed by atoms with Crippen LogP contribution < -0.4 is 5.32 Å². The predicted molar refractivity (Wildman–Crippen MR) is 78.0 cm³/mol. The van der Waals surface area contributed by atoms with E-state index in [9.17, 15) is 0 Å². The molecule has 0 bridgehead atoms. The standard InChI is InChI=1S/C16H15N3/c1-12-9-16(18-11-13-5-4-8-17-10-13)19-15-7-3-2-6-14(12)15/h2-10H,11H2,1H3,(H,18,19). The predicted octanol–water partition coefficient (Wildman–Crippen LogP) is 3.55. The molecule has 0 unspecified atom stereocenters. The van der Waals surface area contributed by atoms with Crippen molar-refractivity contribution < 1.29 is 0 Å². The first-order valence-corrected chi connectivity index (χ1v) is 6.32. The summed E-state index contributed by atoms with van der Waals surface area (Å²) >= 11 is 0. The summed E-state index contributed by atoms with van der Waals surface area (Å²) in [6.45, 7) is 2.85. The minimum atomic E-state index is 0.735. The van der Waals surface area contributed by atoms with E-state index in [-0.39, 0.29) is 0 Å². The van der Waals surface area contributed by atoms with Crippen LogP contribution in [-0.2, 0) is 6.54 Å². The van der Waals surface area contributed by atoms with E-state index in [4.69, 9.17) is 0 Å². The summed E-state index contributed by atoms with van der Waals surface area (Å²) in [7, 11) is 0. The molecule has 19 heavy (non-hydrogen) atoms. The Morgan fingerprint density at radius 3 is 2.84 bits per heavy atom. The van der Waals surface area contributed by atoms with Crippen molar-refractivity contribution in [3.63, 3.8) is 0 Å². The largest absolute Gasteiger partial charge is 0.366 e. The minimum Gasteiger partial charge on any atom is -0.366 e. The molecule has 0 aliphatic heterocycles. The Morgan fingerprint density at radius 2 is 2.00 bits per heavy atom. The molecule has 0 aliphatic rings. The number of fused-ring (bicyclic) bond motifs is 1. The SMILES string of the molecule is Cc1cc(NCc2cccnc2)nc2ccccc12. The van der Waals surface area contributed by atoms with Crippen molar-refractivity contribution in [2.75, 3.05) is 5.32 Å². The van der Waals surface area contributed by atoms with Crippen LogP contribution in [0.15, 0.2) is 54.9 Å². The third-order valence-corrected chi connectivity index (χ3v) is 3.12. The number of aromatic nitrogens is 2. The van der Waals surface area contributed by atoms with Gasteiger partial charge in [0.25, 0.3) is 0 Å². The summed E-state index contributed by atoms with van der Waals surface area (Å²) in [6.07, 6.45) is 3.64. The normalized spacial score (nSPS) is 10.6. The maximum Gasteiger partial charge on any atom is 0.127 e. The van der Waals surface area contributed by atoms with E-state index in [1.54, 1.807) is 6.20 Å². The molecule has 94 valence electrons. The number of anilines is 1. The molecular formula is C16H15N3. The van der Waals surface area contributed by atoms with Gasteiger partial charge in [0.2, 0.25) is 0 Å². The Hall–Kier alpha value is -2.42. The molecule has 2 heterocycles. The molecule has 3 nitrogen and oxygen atoms in total. The Labute approximate surface area is 112 Å². The third-order valence-electron chi connectivity index (χ3n) is 3.12. The highest BCUT2D eigenvalue weighted by molar-refractivity contribution is 5.83. The van der Waals surface area contributed by atoms with Crippen LogP contribution >= 0.6 is 0 Å². The lowest BCUT2D eigenvalue weighted by atomic mass is 10.1. The first-order chi connectivity index (χ1) is 9.33. The zero-order valence-corrected chi connectivity index (χ0v) is 10.8. The van der Waals surface area contributed by atoms with E-state index in [1.165, 1.54) is 10.9 Å². The molecule has 3 rings (SSSR count). The first-order valence-electron chi connectivity index (χ1n) is 6.32. The van der Waals surface area contributed by atoms with E-state index >= 15 is 0 Å².